The minimum Gasteiger partial charge on any atom is -0.368 e. The van der Waals surface area contributed by atoms with Crippen LogP contribution in [0.15, 0.2) is 28.7 Å². The molecule has 1 aromatic rings. The van der Waals surface area contributed by atoms with Crippen LogP contribution in [-0.4, -0.2) is 24.7 Å². The second kappa shape index (κ2) is 4.38. The predicted molar refractivity (Wildman–Crippen MR) is 73.0 cm³/mol. The van der Waals surface area contributed by atoms with Crippen LogP contribution in [0.3, 0.4) is 0 Å². The Morgan fingerprint density at radius 2 is 1.94 bits per heavy atom. The average molecular weight is 283 g/mol. The van der Waals surface area contributed by atoms with Crippen molar-refractivity contribution in [2.75, 3.05) is 18.0 Å². The zero-order valence-electron chi connectivity index (χ0n) is 10.1. The fourth-order valence-corrected chi connectivity index (χ4v) is 2.74. The second-order valence-electron chi connectivity index (χ2n) is 5.29. The maximum atomic E-state index is 3.62. The number of piperazine rings is 1. The summed E-state index contributed by atoms with van der Waals surface area (Å²) in [5.41, 5.74) is 1.50. The molecular formula is C13H19BrN2. The molecule has 1 saturated heterocycles. The number of nitrogens with zero attached hydrogens (tertiary/aromatic N) is 1. The molecule has 0 spiro atoms. The van der Waals surface area contributed by atoms with Gasteiger partial charge in [-0.05, 0) is 45.0 Å². The van der Waals surface area contributed by atoms with Gasteiger partial charge in [-0.15, -0.1) is 0 Å². The summed E-state index contributed by atoms with van der Waals surface area (Å²) in [5.74, 6) is 0. The quantitative estimate of drug-likeness (QED) is 0.852. The van der Waals surface area contributed by atoms with E-state index in [4.69, 9.17) is 0 Å². The summed E-state index contributed by atoms with van der Waals surface area (Å²) in [6, 6.07) is 9.10. The first-order chi connectivity index (χ1) is 7.46. The maximum absolute atomic E-state index is 3.62. The molecule has 1 unspecified atom stereocenters. The lowest BCUT2D eigenvalue weighted by Gasteiger charge is -2.44. The summed E-state index contributed by atoms with van der Waals surface area (Å²) >= 11 is 3.47. The number of hydrogen-bond acceptors (Lipinski definition) is 2. The fourth-order valence-electron chi connectivity index (χ4n) is 2.48. The SMILES string of the molecule is CC1CN(c2ccc(Br)cc2)CC(C)(C)N1. The van der Waals surface area contributed by atoms with Crippen LogP contribution in [0.5, 0.6) is 0 Å². The average Bonchev–Trinajstić information content (AvgIpc) is 2.15. The van der Waals surface area contributed by atoms with E-state index in [0.717, 1.165) is 17.6 Å². The minimum absolute atomic E-state index is 0.185. The van der Waals surface area contributed by atoms with Gasteiger partial charge in [-0.1, -0.05) is 15.9 Å². The van der Waals surface area contributed by atoms with Crippen molar-refractivity contribution < 1.29 is 0 Å². The van der Waals surface area contributed by atoms with E-state index in [1.54, 1.807) is 0 Å². The summed E-state index contributed by atoms with van der Waals surface area (Å²) < 4.78 is 1.14. The third-order valence-electron chi connectivity index (χ3n) is 2.91. The van der Waals surface area contributed by atoms with E-state index in [1.807, 2.05) is 0 Å². The third kappa shape index (κ3) is 2.77. The molecule has 1 aromatic carbocycles. The third-order valence-corrected chi connectivity index (χ3v) is 3.44. The zero-order valence-corrected chi connectivity index (χ0v) is 11.7. The van der Waals surface area contributed by atoms with E-state index >= 15 is 0 Å². The van der Waals surface area contributed by atoms with Crippen molar-refractivity contribution >= 4 is 21.6 Å². The van der Waals surface area contributed by atoms with Crippen molar-refractivity contribution in [3.63, 3.8) is 0 Å². The Morgan fingerprint density at radius 1 is 1.31 bits per heavy atom. The van der Waals surface area contributed by atoms with E-state index < -0.39 is 0 Å². The Bertz CT molecular complexity index is 359. The normalized spacial score (nSPS) is 24.5. The lowest BCUT2D eigenvalue weighted by Crippen LogP contribution is -2.61. The number of benzene rings is 1. The number of hydrogen-bond donors (Lipinski definition) is 1. The van der Waals surface area contributed by atoms with Gasteiger partial charge in [0.15, 0.2) is 0 Å². The highest BCUT2D eigenvalue weighted by atomic mass is 79.9. The van der Waals surface area contributed by atoms with Crippen LogP contribution in [0, 0.1) is 0 Å². The molecule has 0 aliphatic carbocycles. The van der Waals surface area contributed by atoms with Gasteiger partial charge in [-0.3, -0.25) is 0 Å². The lowest BCUT2D eigenvalue weighted by atomic mass is 9.98. The van der Waals surface area contributed by atoms with Crippen LogP contribution in [-0.2, 0) is 0 Å². The molecule has 0 saturated carbocycles. The highest BCUT2D eigenvalue weighted by Crippen LogP contribution is 2.23. The molecular weight excluding hydrogens is 264 g/mol. The molecule has 1 fully saturated rings. The van der Waals surface area contributed by atoms with Crippen LogP contribution in [0.1, 0.15) is 20.8 Å². The molecule has 0 amide bonds. The second-order valence-corrected chi connectivity index (χ2v) is 6.20. The van der Waals surface area contributed by atoms with Gasteiger partial charge in [0.2, 0.25) is 0 Å². The molecule has 1 aliphatic heterocycles. The van der Waals surface area contributed by atoms with Crippen LogP contribution in [0.2, 0.25) is 0 Å². The van der Waals surface area contributed by atoms with Crippen molar-refractivity contribution in [2.45, 2.75) is 32.4 Å². The molecule has 16 heavy (non-hydrogen) atoms. The summed E-state index contributed by atoms with van der Waals surface area (Å²) in [5, 5.41) is 3.62. The van der Waals surface area contributed by atoms with Crippen LogP contribution < -0.4 is 10.2 Å². The molecule has 3 heteroatoms. The molecule has 1 aliphatic rings. The topological polar surface area (TPSA) is 15.3 Å². The lowest BCUT2D eigenvalue weighted by molar-refractivity contribution is 0.301. The van der Waals surface area contributed by atoms with Crippen molar-refractivity contribution in [3.8, 4) is 0 Å². The Morgan fingerprint density at radius 3 is 2.50 bits per heavy atom. The van der Waals surface area contributed by atoms with Gasteiger partial charge >= 0.3 is 0 Å². The Balaban J connectivity index is 2.17. The highest BCUT2D eigenvalue weighted by Gasteiger charge is 2.29. The van der Waals surface area contributed by atoms with E-state index in [1.165, 1.54) is 5.69 Å². The predicted octanol–water partition coefficient (Wildman–Crippen LogP) is 3.03. The van der Waals surface area contributed by atoms with E-state index in [9.17, 15) is 0 Å². The first kappa shape index (κ1) is 11.9. The summed E-state index contributed by atoms with van der Waals surface area (Å²) in [6.07, 6.45) is 0. The Kier molecular flexibility index (Phi) is 3.27. The number of anilines is 1. The van der Waals surface area contributed by atoms with E-state index in [2.05, 4.69) is 71.2 Å². The van der Waals surface area contributed by atoms with Crippen LogP contribution >= 0.6 is 15.9 Å². The first-order valence-corrected chi connectivity index (χ1v) is 6.54. The zero-order chi connectivity index (χ0) is 11.8. The van der Waals surface area contributed by atoms with Gasteiger partial charge in [0.1, 0.15) is 0 Å². The van der Waals surface area contributed by atoms with Crippen molar-refractivity contribution in [2.24, 2.45) is 0 Å². The van der Waals surface area contributed by atoms with Gasteiger partial charge in [0.05, 0.1) is 0 Å². The minimum atomic E-state index is 0.185. The van der Waals surface area contributed by atoms with Crippen molar-refractivity contribution in [1.82, 2.24) is 5.32 Å². The van der Waals surface area contributed by atoms with Gasteiger partial charge in [0, 0.05) is 34.8 Å². The van der Waals surface area contributed by atoms with Gasteiger partial charge in [-0.25, -0.2) is 0 Å². The smallest absolute Gasteiger partial charge is 0.0368 e. The highest BCUT2D eigenvalue weighted by molar-refractivity contribution is 9.10. The molecule has 88 valence electrons. The number of halogens is 1. The molecule has 2 rings (SSSR count). The molecule has 0 radical (unpaired) electrons. The Labute approximate surface area is 106 Å². The Hall–Kier alpha value is -0.540. The van der Waals surface area contributed by atoms with Crippen molar-refractivity contribution in [3.05, 3.63) is 28.7 Å². The monoisotopic (exact) mass is 282 g/mol. The molecule has 1 atom stereocenters. The molecule has 0 aromatic heterocycles. The van der Waals surface area contributed by atoms with Crippen LogP contribution in [0.25, 0.3) is 0 Å². The molecule has 1 N–H and O–H groups in total. The summed E-state index contributed by atoms with van der Waals surface area (Å²) in [6.45, 7) is 8.89. The van der Waals surface area contributed by atoms with Gasteiger partial charge in [0.25, 0.3) is 0 Å². The largest absolute Gasteiger partial charge is 0.368 e. The van der Waals surface area contributed by atoms with Gasteiger partial charge < -0.3 is 10.2 Å². The van der Waals surface area contributed by atoms with Gasteiger partial charge in [-0.2, -0.15) is 0 Å². The van der Waals surface area contributed by atoms with E-state index in [-0.39, 0.29) is 5.54 Å². The number of nitrogens with one attached hydrogen (secondary N) is 1. The first-order valence-electron chi connectivity index (χ1n) is 5.74. The molecule has 2 nitrogen and oxygen atoms in total. The standard InChI is InChI=1S/C13H19BrN2/c1-10-8-16(9-13(2,3)15-10)12-6-4-11(14)5-7-12/h4-7,10,15H,8-9H2,1-3H3. The summed E-state index contributed by atoms with van der Waals surface area (Å²) in [7, 11) is 0. The molecule has 1 heterocycles. The van der Waals surface area contributed by atoms with Crippen LogP contribution in [0.4, 0.5) is 5.69 Å². The maximum Gasteiger partial charge on any atom is 0.0368 e. The number of rotatable bonds is 1. The van der Waals surface area contributed by atoms with E-state index in [0.29, 0.717) is 6.04 Å². The fraction of sp³-hybridized carbons (Fsp3) is 0.538. The van der Waals surface area contributed by atoms with Crippen molar-refractivity contribution in [1.29, 1.82) is 0 Å². The summed E-state index contributed by atoms with van der Waals surface area (Å²) in [4.78, 5) is 2.45. The molecule has 0 bridgehead atoms.